The molecule has 2 aliphatic carbocycles. The summed E-state index contributed by atoms with van der Waals surface area (Å²) in [5.74, 6) is 0.605. The minimum absolute atomic E-state index is 0.0434. The van der Waals surface area contributed by atoms with Gasteiger partial charge in [0.25, 0.3) is 5.91 Å². The first-order valence-corrected chi connectivity index (χ1v) is 6.35. The van der Waals surface area contributed by atoms with Crippen LogP contribution in [-0.4, -0.2) is 28.9 Å². The van der Waals surface area contributed by atoms with Gasteiger partial charge in [0.1, 0.15) is 5.54 Å². The summed E-state index contributed by atoms with van der Waals surface area (Å²) in [5, 5.41) is 2.92. The predicted molar refractivity (Wildman–Crippen MR) is 58.8 cm³/mol. The first kappa shape index (κ1) is 10.1. The lowest BCUT2D eigenvalue weighted by Crippen LogP contribution is -2.44. The number of nitrogens with one attached hydrogen (secondary N) is 1. The number of imide groups is 1. The molecule has 4 nitrogen and oxygen atoms in total. The molecule has 2 saturated carbocycles. The second-order valence-corrected chi connectivity index (χ2v) is 5.43. The van der Waals surface area contributed by atoms with Gasteiger partial charge in [0.15, 0.2) is 0 Å². The molecule has 0 aromatic carbocycles. The zero-order valence-electron chi connectivity index (χ0n) is 9.50. The van der Waals surface area contributed by atoms with Crippen LogP contribution in [0.4, 0.5) is 4.79 Å². The van der Waals surface area contributed by atoms with Crippen LogP contribution >= 0.6 is 0 Å². The van der Waals surface area contributed by atoms with E-state index in [1.54, 1.807) is 0 Å². The van der Waals surface area contributed by atoms with Crippen LogP contribution in [0, 0.1) is 5.92 Å². The van der Waals surface area contributed by atoms with E-state index < -0.39 is 5.54 Å². The molecule has 3 fully saturated rings. The maximum Gasteiger partial charge on any atom is 0.325 e. The van der Waals surface area contributed by atoms with Gasteiger partial charge in [-0.2, -0.15) is 0 Å². The van der Waals surface area contributed by atoms with Gasteiger partial charge in [0.2, 0.25) is 0 Å². The third-order valence-corrected chi connectivity index (χ3v) is 4.37. The third kappa shape index (κ3) is 1.35. The molecule has 1 spiro atoms. The van der Waals surface area contributed by atoms with E-state index in [4.69, 9.17) is 0 Å². The summed E-state index contributed by atoms with van der Waals surface area (Å²) in [6, 6.07) is -0.154. The molecular formula is C12H18N2O2. The van der Waals surface area contributed by atoms with Crippen molar-refractivity contribution in [2.75, 3.05) is 6.54 Å². The van der Waals surface area contributed by atoms with Crippen molar-refractivity contribution in [2.45, 2.75) is 50.5 Å². The molecule has 88 valence electrons. The number of rotatable bonds is 2. The lowest BCUT2D eigenvalue weighted by Gasteiger charge is -2.29. The fourth-order valence-corrected chi connectivity index (χ4v) is 3.09. The predicted octanol–water partition coefficient (Wildman–Crippen LogP) is 1.65. The number of urea groups is 1. The van der Waals surface area contributed by atoms with Gasteiger partial charge < -0.3 is 5.32 Å². The van der Waals surface area contributed by atoms with Crippen molar-refractivity contribution in [3.63, 3.8) is 0 Å². The average molecular weight is 222 g/mol. The van der Waals surface area contributed by atoms with E-state index >= 15 is 0 Å². The molecule has 3 amide bonds. The zero-order chi connectivity index (χ0) is 11.2. The summed E-state index contributed by atoms with van der Waals surface area (Å²) < 4.78 is 0. The summed E-state index contributed by atoms with van der Waals surface area (Å²) in [4.78, 5) is 25.5. The van der Waals surface area contributed by atoms with Crippen LogP contribution in [0.1, 0.15) is 44.9 Å². The lowest BCUT2D eigenvalue weighted by molar-refractivity contribution is -0.131. The van der Waals surface area contributed by atoms with Crippen LogP contribution in [0.15, 0.2) is 0 Å². The number of carbonyl (C=O) groups excluding carboxylic acids is 2. The molecule has 1 aliphatic heterocycles. The van der Waals surface area contributed by atoms with Gasteiger partial charge in [-0.3, -0.25) is 9.69 Å². The summed E-state index contributed by atoms with van der Waals surface area (Å²) in [7, 11) is 0. The highest BCUT2D eigenvalue weighted by Gasteiger charge is 2.52. The Morgan fingerprint density at radius 3 is 2.44 bits per heavy atom. The van der Waals surface area contributed by atoms with Crippen molar-refractivity contribution in [3.05, 3.63) is 0 Å². The van der Waals surface area contributed by atoms with Gasteiger partial charge in [0, 0.05) is 6.54 Å². The topological polar surface area (TPSA) is 49.4 Å². The van der Waals surface area contributed by atoms with Gasteiger partial charge in [-0.25, -0.2) is 4.79 Å². The largest absolute Gasteiger partial charge is 0.325 e. The second kappa shape index (κ2) is 3.47. The summed E-state index contributed by atoms with van der Waals surface area (Å²) in [5.41, 5.74) is -0.513. The second-order valence-electron chi connectivity index (χ2n) is 5.43. The van der Waals surface area contributed by atoms with Crippen molar-refractivity contribution in [3.8, 4) is 0 Å². The zero-order valence-corrected chi connectivity index (χ0v) is 9.50. The minimum Gasteiger partial charge on any atom is -0.323 e. The number of amides is 3. The van der Waals surface area contributed by atoms with Crippen molar-refractivity contribution < 1.29 is 9.59 Å². The maximum atomic E-state index is 12.3. The summed E-state index contributed by atoms with van der Waals surface area (Å²) in [6.45, 7) is 0.645. The van der Waals surface area contributed by atoms with E-state index in [-0.39, 0.29) is 11.9 Å². The van der Waals surface area contributed by atoms with E-state index in [0.717, 1.165) is 25.7 Å². The maximum absolute atomic E-state index is 12.3. The monoisotopic (exact) mass is 222 g/mol. The average Bonchev–Trinajstić information content (AvgIpc) is 2.72. The van der Waals surface area contributed by atoms with Crippen molar-refractivity contribution in [1.29, 1.82) is 0 Å². The Morgan fingerprint density at radius 1 is 1.19 bits per heavy atom. The fraction of sp³-hybridized carbons (Fsp3) is 0.833. The van der Waals surface area contributed by atoms with Crippen LogP contribution in [-0.2, 0) is 4.79 Å². The molecule has 4 heteroatoms. The van der Waals surface area contributed by atoms with Gasteiger partial charge in [0.05, 0.1) is 0 Å². The van der Waals surface area contributed by atoms with E-state index in [0.29, 0.717) is 12.5 Å². The Kier molecular flexibility index (Phi) is 2.19. The molecule has 0 bridgehead atoms. The Morgan fingerprint density at radius 2 is 1.88 bits per heavy atom. The molecule has 0 radical (unpaired) electrons. The number of nitrogens with zero attached hydrogens (tertiary/aromatic N) is 1. The third-order valence-electron chi connectivity index (χ3n) is 4.37. The molecule has 0 aromatic heterocycles. The highest BCUT2D eigenvalue weighted by Crippen LogP contribution is 2.36. The normalized spacial score (nSPS) is 28.6. The fourth-order valence-electron chi connectivity index (χ4n) is 3.09. The Balaban J connectivity index is 1.74. The standard InChI is InChI=1S/C12H18N2O2/c15-10-12(6-1-2-7-12)13-11(16)14(10)8-9-4-3-5-9/h9H,1-8H2,(H,13,16). The minimum atomic E-state index is -0.513. The van der Waals surface area contributed by atoms with E-state index in [1.165, 1.54) is 24.2 Å². The van der Waals surface area contributed by atoms with Crippen LogP contribution in [0.25, 0.3) is 0 Å². The van der Waals surface area contributed by atoms with Crippen LogP contribution in [0.3, 0.4) is 0 Å². The van der Waals surface area contributed by atoms with E-state index in [2.05, 4.69) is 5.32 Å². The number of hydrogen-bond donors (Lipinski definition) is 1. The lowest BCUT2D eigenvalue weighted by atomic mass is 9.85. The van der Waals surface area contributed by atoms with Crippen molar-refractivity contribution >= 4 is 11.9 Å². The molecule has 0 atom stereocenters. The first-order valence-electron chi connectivity index (χ1n) is 6.35. The highest BCUT2D eigenvalue weighted by molar-refractivity contribution is 6.07. The summed E-state index contributed by atoms with van der Waals surface area (Å²) >= 11 is 0. The number of hydrogen-bond acceptors (Lipinski definition) is 2. The molecule has 0 unspecified atom stereocenters. The van der Waals surface area contributed by atoms with Gasteiger partial charge in [-0.05, 0) is 31.6 Å². The van der Waals surface area contributed by atoms with Gasteiger partial charge in [-0.15, -0.1) is 0 Å². The molecule has 0 aromatic rings. The van der Waals surface area contributed by atoms with Crippen LogP contribution in [0.2, 0.25) is 0 Å². The Bertz CT molecular complexity index is 330. The first-order chi connectivity index (χ1) is 7.71. The smallest absolute Gasteiger partial charge is 0.323 e. The highest BCUT2D eigenvalue weighted by atomic mass is 16.2. The number of carbonyl (C=O) groups is 2. The van der Waals surface area contributed by atoms with Crippen LogP contribution in [0.5, 0.6) is 0 Å². The van der Waals surface area contributed by atoms with Crippen LogP contribution < -0.4 is 5.32 Å². The van der Waals surface area contributed by atoms with Crippen molar-refractivity contribution in [1.82, 2.24) is 10.2 Å². The summed E-state index contributed by atoms with van der Waals surface area (Å²) in [6.07, 6.45) is 7.37. The SMILES string of the molecule is O=C1NC2(CCCC2)C(=O)N1CC1CCC1. The van der Waals surface area contributed by atoms with E-state index in [1.807, 2.05) is 0 Å². The quantitative estimate of drug-likeness (QED) is 0.722. The van der Waals surface area contributed by atoms with Gasteiger partial charge in [-0.1, -0.05) is 19.3 Å². The molecule has 16 heavy (non-hydrogen) atoms. The van der Waals surface area contributed by atoms with Gasteiger partial charge >= 0.3 is 6.03 Å². The molecule has 3 aliphatic rings. The Labute approximate surface area is 95.4 Å². The Hall–Kier alpha value is -1.06. The molecule has 1 heterocycles. The molecule has 1 N–H and O–H groups in total. The molecular weight excluding hydrogens is 204 g/mol. The molecule has 1 saturated heterocycles. The molecule has 3 rings (SSSR count). The van der Waals surface area contributed by atoms with E-state index in [9.17, 15) is 9.59 Å². The van der Waals surface area contributed by atoms with Crippen molar-refractivity contribution in [2.24, 2.45) is 5.92 Å².